The molecule has 1 aliphatic rings. The largest absolute Gasteiger partial charge is 0.497 e. The second kappa shape index (κ2) is 12.4. The van der Waals surface area contributed by atoms with Gasteiger partial charge in [-0.05, 0) is 84.8 Å². The van der Waals surface area contributed by atoms with Crippen LogP contribution in [0, 0.1) is 6.92 Å². The summed E-state index contributed by atoms with van der Waals surface area (Å²) in [5.41, 5.74) is 4.83. The van der Waals surface area contributed by atoms with Crippen LogP contribution in [-0.4, -0.2) is 28.5 Å². The molecule has 5 aromatic carbocycles. The number of nitrogens with zero attached hydrogens (tertiary/aromatic N) is 2. The molecule has 1 heterocycles. The number of anilines is 3. The van der Waals surface area contributed by atoms with Crippen LogP contribution in [0.1, 0.15) is 33.2 Å². The number of nitrogens with one attached hydrogen (secondary N) is 1. The van der Waals surface area contributed by atoms with E-state index in [2.05, 4.69) is 9.62 Å². The number of aryl methyl sites for hydroxylation is 1. The number of hydrogen-bond donors (Lipinski definition) is 1. The van der Waals surface area contributed by atoms with Gasteiger partial charge < -0.3 is 14.4 Å². The number of benzene rings is 5. The summed E-state index contributed by atoms with van der Waals surface area (Å²) in [6.07, 6.45) is -0.582. The molecule has 0 saturated carbocycles. The van der Waals surface area contributed by atoms with Gasteiger partial charge in [-0.25, -0.2) is 8.42 Å². The number of sulfonamides is 1. The molecule has 0 fully saturated rings. The van der Waals surface area contributed by atoms with E-state index < -0.39 is 16.2 Å². The highest BCUT2D eigenvalue weighted by Gasteiger charge is 2.40. The summed E-state index contributed by atoms with van der Waals surface area (Å²) in [6, 6.07) is 36.7. The first-order chi connectivity index (χ1) is 21.8. The molecule has 0 saturated heterocycles. The first-order valence-electron chi connectivity index (χ1n) is 14.4. The molecule has 0 radical (unpaired) electrons. The molecule has 0 aromatic heterocycles. The monoisotopic (exact) mass is 619 g/mol. The molecule has 0 bridgehead atoms. The van der Waals surface area contributed by atoms with E-state index in [1.54, 1.807) is 55.5 Å². The van der Waals surface area contributed by atoms with Crippen molar-refractivity contribution in [2.45, 2.75) is 24.5 Å². The topological polar surface area (TPSA) is 88.2 Å². The van der Waals surface area contributed by atoms with Crippen LogP contribution in [-0.2, 0) is 16.6 Å². The molecular formula is C36H33N3O5S. The Morgan fingerprint density at radius 3 is 2.16 bits per heavy atom. The maximum atomic E-state index is 14.6. The van der Waals surface area contributed by atoms with Gasteiger partial charge in [0.2, 0.25) is 0 Å². The van der Waals surface area contributed by atoms with Gasteiger partial charge in [-0.15, -0.1) is 0 Å². The normalized spacial score (nSPS) is 14.6. The molecule has 8 nitrogen and oxygen atoms in total. The molecule has 1 atom stereocenters. The lowest BCUT2D eigenvalue weighted by atomic mass is 9.99. The molecule has 45 heavy (non-hydrogen) atoms. The SMILES string of the molecule is COc1ccc(N2C(=O)c3cc(S(=O)(=O)Nc4ccc(C)cc4)ccc3N(Cc3ccccc3)[C@@H]2c2cccc(OC)c2)cc1. The highest BCUT2D eigenvalue weighted by Crippen LogP contribution is 2.44. The fourth-order valence-electron chi connectivity index (χ4n) is 5.54. The summed E-state index contributed by atoms with van der Waals surface area (Å²) in [5, 5.41) is 0. The molecule has 0 spiro atoms. The minimum Gasteiger partial charge on any atom is -0.497 e. The van der Waals surface area contributed by atoms with Crippen LogP contribution in [0.2, 0.25) is 0 Å². The van der Waals surface area contributed by atoms with Crippen molar-refractivity contribution in [3.8, 4) is 11.5 Å². The second-order valence-corrected chi connectivity index (χ2v) is 12.5. The van der Waals surface area contributed by atoms with Gasteiger partial charge in [-0.2, -0.15) is 0 Å². The first-order valence-corrected chi connectivity index (χ1v) is 15.9. The molecule has 228 valence electrons. The van der Waals surface area contributed by atoms with Crippen LogP contribution < -0.4 is 24.0 Å². The molecule has 0 aliphatic carbocycles. The molecule has 1 N–H and O–H groups in total. The molecule has 1 aliphatic heterocycles. The van der Waals surface area contributed by atoms with Crippen molar-refractivity contribution in [1.82, 2.24) is 0 Å². The Labute approximate surface area is 263 Å². The van der Waals surface area contributed by atoms with Crippen LogP contribution in [0.4, 0.5) is 17.1 Å². The van der Waals surface area contributed by atoms with Crippen LogP contribution in [0.15, 0.2) is 126 Å². The van der Waals surface area contributed by atoms with Gasteiger partial charge in [0.25, 0.3) is 15.9 Å². The van der Waals surface area contributed by atoms with Crippen molar-refractivity contribution >= 4 is 33.0 Å². The summed E-state index contributed by atoms with van der Waals surface area (Å²) in [7, 11) is -0.803. The fraction of sp³-hybridized carbons (Fsp3) is 0.139. The van der Waals surface area contributed by atoms with Gasteiger partial charge in [-0.1, -0.05) is 60.2 Å². The number of fused-ring (bicyclic) bond motifs is 1. The second-order valence-electron chi connectivity index (χ2n) is 10.8. The molecular weight excluding hydrogens is 586 g/mol. The van der Waals surface area contributed by atoms with Gasteiger partial charge in [-0.3, -0.25) is 14.4 Å². The van der Waals surface area contributed by atoms with Crippen LogP contribution >= 0.6 is 0 Å². The molecule has 6 rings (SSSR count). The molecule has 5 aromatic rings. The number of ether oxygens (including phenoxy) is 2. The van der Waals surface area contributed by atoms with E-state index in [4.69, 9.17) is 9.47 Å². The zero-order valence-corrected chi connectivity index (χ0v) is 26.0. The van der Waals surface area contributed by atoms with E-state index in [1.807, 2.05) is 85.8 Å². The molecule has 0 unspecified atom stereocenters. The quantitative estimate of drug-likeness (QED) is 0.188. The third kappa shape index (κ3) is 6.07. The average Bonchev–Trinajstić information content (AvgIpc) is 3.07. The molecule has 1 amide bonds. The highest BCUT2D eigenvalue weighted by molar-refractivity contribution is 7.92. The first kappa shape index (κ1) is 29.8. The van der Waals surface area contributed by atoms with Crippen LogP contribution in [0.25, 0.3) is 0 Å². The van der Waals surface area contributed by atoms with E-state index in [0.29, 0.717) is 35.1 Å². The van der Waals surface area contributed by atoms with Crippen LogP contribution in [0.5, 0.6) is 11.5 Å². The fourth-order valence-corrected chi connectivity index (χ4v) is 6.62. The minimum atomic E-state index is -4.00. The maximum Gasteiger partial charge on any atom is 0.262 e. The predicted molar refractivity (Wildman–Crippen MR) is 177 cm³/mol. The number of carbonyl (C=O) groups excluding carboxylic acids is 1. The Bertz CT molecular complexity index is 1930. The summed E-state index contributed by atoms with van der Waals surface area (Å²) in [6.45, 7) is 2.38. The van der Waals surface area contributed by atoms with Crippen molar-refractivity contribution in [1.29, 1.82) is 0 Å². The van der Waals surface area contributed by atoms with E-state index >= 15 is 0 Å². The number of amides is 1. The van der Waals surface area contributed by atoms with Crippen LogP contribution in [0.3, 0.4) is 0 Å². The van der Waals surface area contributed by atoms with Crippen molar-refractivity contribution in [3.63, 3.8) is 0 Å². The Hall–Kier alpha value is -5.28. The maximum absolute atomic E-state index is 14.6. The lowest BCUT2D eigenvalue weighted by Gasteiger charge is -2.46. The van der Waals surface area contributed by atoms with E-state index in [1.165, 1.54) is 6.07 Å². The zero-order valence-electron chi connectivity index (χ0n) is 25.2. The zero-order chi connectivity index (χ0) is 31.6. The van der Waals surface area contributed by atoms with E-state index in [9.17, 15) is 13.2 Å². The lowest BCUT2D eigenvalue weighted by molar-refractivity contribution is 0.0968. The van der Waals surface area contributed by atoms with Crippen molar-refractivity contribution in [2.24, 2.45) is 0 Å². The average molecular weight is 620 g/mol. The Morgan fingerprint density at radius 2 is 1.47 bits per heavy atom. The Kier molecular flexibility index (Phi) is 8.19. The van der Waals surface area contributed by atoms with Crippen molar-refractivity contribution < 1.29 is 22.7 Å². The molecule has 9 heteroatoms. The number of methoxy groups -OCH3 is 2. The van der Waals surface area contributed by atoms with Gasteiger partial charge in [0, 0.05) is 17.9 Å². The third-order valence-electron chi connectivity index (χ3n) is 7.82. The standard InChI is InChI=1S/C36H33N3O5S/c1-25-12-14-28(15-13-25)37-45(41,42)32-20-21-34-33(23-32)36(40)39(29-16-18-30(43-2)19-17-29)35(27-10-7-11-31(22-27)44-3)38(34)24-26-8-5-4-6-9-26/h4-23,35,37H,24H2,1-3H3/t35-/m0/s1. The lowest BCUT2D eigenvalue weighted by Crippen LogP contribution is -2.49. The summed E-state index contributed by atoms with van der Waals surface area (Å²) in [4.78, 5) is 18.4. The van der Waals surface area contributed by atoms with Crippen molar-refractivity contribution in [2.75, 3.05) is 28.7 Å². The van der Waals surface area contributed by atoms with Gasteiger partial charge >= 0.3 is 0 Å². The third-order valence-corrected chi connectivity index (χ3v) is 9.20. The number of hydrogen-bond acceptors (Lipinski definition) is 6. The Balaban J connectivity index is 1.53. The van der Waals surface area contributed by atoms with Gasteiger partial charge in [0.15, 0.2) is 0 Å². The van der Waals surface area contributed by atoms with E-state index in [-0.39, 0.29) is 16.4 Å². The highest BCUT2D eigenvalue weighted by atomic mass is 32.2. The minimum absolute atomic E-state index is 0.00986. The number of rotatable bonds is 9. The smallest absolute Gasteiger partial charge is 0.262 e. The summed E-state index contributed by atoms with van der Waals surface area (Å²) in [5.74, 6) is 0.974. The van der Waals surface area contributed by atoms with Crippen molar-refractivity contribution in [3.05, 3.63) is 144 Å². The van der Waals surface area contributed by atoms with Gasteiger partial charge in [0.1, 0.15) is 17.7 Å². The number of carbonyl (C=O) groups is 1. The predicted octanol–water partition coefficient (Wildman–Crippen LogP) is 7.18. The Morgan fingerprint density at radius 1 is 0.756 bits per heavy atom. The summed E-state index contributed by atoms with van der Waals surface area (Å²) >= 11 is 0. The van der Waals surface area contributed by atoms with E-state index in [0.717, 1.165) is 16.7 Å². The van der Waals surface area contributed by atoms with Gasteiger partial charge in [0.05, 0.1) is 30.4 Å². The summed E-state index contributed by atoms with van der Waals surface area (Å²) < 4.78 is 40.7.